The number of hydrogen-bond donors (Lipinski definition) is 1. The van der Waals surface area contributed by atoms with E-state index in [1.807, 2.05) is 5.57 Å². The van der Waals surface area contributed by atoms with Crippen LogP contribution in [0.25, 0.3) is 0 Å². The second kappa shape index (κ2) is 8.81. The Morgan fingerprint density at radius 1 is 0.968 bits per heavy atom. The van der Waals surface area contributed by atoms with Gasteiger partial charge in [0.15, 0.2) is 0 Å². The second-order valence-electron chi connectivity index (χ2n) is 13.3. The van der Waals surface area contributed by atoms with Crippen molar-refractivity contribution < 1.29 is 5.11 Å². The van der Waals surface area contributed by atoms with Crippen LogP contribution in [-0.2, 0) is 0 Å². The van der Waals surface area contributed by atoms with Crippen molar-refractivity contribution in [3.8, 4) is 0 Å². The van der Waals surface area contributed by atoms with Crippen LogP contribution in [0.1, 0.15) is 113 Å². The third-order valence-electron chi connectivity index (χ3n) is 11.8. The Bertz CT molecular complexity index is 663. The summed E-state index contributed by atoms with van der Waals surface area (Å²) in [7, 11) is 0. The molecule has 1 nitrogen and oxygen atoms in total. The first-order valence-electron chi connectivity index (χ1n) is 14.0. The van der Waals surface area contributed by atoms with E-state index in [-0.39, 0.29) is 6.10 Å². The summed E-state index contributed by atoms with van der Waals surface area (Å²) in [5.74, 6) is 6.31. The molecular weight excluding hydrogens is 376 g/mol. The van der Waals surface area contributed by atoms with Crippen LogP contribution >= 0.6 is 0 Å². The molecule has 0 radical (unpaired) electrons. The topological polar surface area (TPSA) is 20.2 Å². The van der Waals surface area contributed by atoms with Crippen LogP contribution in [0, 0.1) is 58.2 Å². The Balaban J connectivity index is 1.50. The maximum absolute atomic E-state index is 10.5. The molecule has 0 aromatic carbocycles. The Labute approximate surface area is 193 Å². The normalized spacial score (nSPS) is 46.7. The van der Waals surface area contributed by atoms with E-state index < -0.39 is 0 Å². The van der Waals surface area contributed by atoms with Gasteiger partial charge >= 0.3 is 0 Å². The molecule has 4 aliphatic carbocycles. The van der Waals surface area contributed by atoms with Gasteiger partial charge in [0.1, 0.15) is 0 Å². The van der Waals surface area contributed by atoms with Crippen molar-refractivity contribution in [2.24, 2.45) is 58.2 Å². The van der Waals surface area contributed by atoms with Crippen molar-refractivity contribution in [3.63, 3.8) is 0 Å². The predicted molar refractivity (Wildman–Crippen MR) is 133 cm³/mol. The quantitative estimate of drug-likeness (QED) is 0.422. The van der Waals surface area contributed by atoms with E-state index in [2.05, 4.69) is 54.5 Å². The predicted octanol–water partition coefficient (Wildman–Crippen LogP) is 8.27. The molecule has 178 valence electrons. The first-order chi connectivity index (χ1) is 14.6. The number of fused-ring (bicyclic) bond motifs is 5. The van der Waals surface area contributed by atoms with Gasteiger partial charge in [0, 0.05) is 0 Å². The number of aliphatic hydroxyl groups excluding tert-OH is 1. The van der Waals surface area contributed by atoms with Crippen molar-refractivity contribution in [2.75, 3.05) is 0 Å². The number of hydrogen-bond acceptors (Lipinski definition) is 1. The van der Waals surface area contributed by atoms with E-state index in [1.165, 1.54) is 57.8 Å². The molecule has 0 aromatic heterocycles. The SMILES string of the molecule is CCC(CC[C@@H](C)[C@H]1CC[C@H]2C3=CC[C@H]4[C@H](C)[C@@H](O)CC[C@]4(C)[C@H]3CC[C@]12C)C(C)C. The fraction of sp³-hybridized carbons (Fsp3) is 0.933. The highest BCUT2D eigenvalue weighted by Crippen LogP contribution is 2.67. The molecule has 3 fully saturated rings. The highest BCUT2D eigenvalue weighted by atomic mass is 16.3. The molecule has 0 aliphatic heterocycles. The summed E-state index contributed by atoms with van der Waals surface area (Å²) in [6.07, 6.45) is 16.1. The van der Waals surface area contributed by atoms with Gasteiger partial charge in [0.05, 0.1) is 6.10 Å². The monoisotopic (exact) mass is 428 g/mol. The van der Waals surface area contributed by atoms with Gasteiger partial charge in [-0.15, -0.1) is 0 Å². The van der Waals surface area contributed by atoms with Gasteiger partial charge in [-0.1, -0.05) is 73.0 Å². The summed E-state index contributed by atoms with van der Waals surface area (Å²) in [6.45, 7) is 17.4. The average molecular weight is 429 g/mol. The van der Waals surface area contributed by atoms with Crippen molar-refractivity contribution in [3.05, 3.63) is 11.6 Å². The minimum atomic E-state index is -0.0728. The minimum absolute atomic E-state index is 0.0728. The van der Waals surface area contributed by atoms with Crippen molar-refractivity contribution >= 4 is 0 Å². The van der Waals surface area contributed by atoms with Crippen LogP contribution in [-0.4, -0.2) is 11.2 Å². The Hall–Kier alpha value is -0.300. The largest absolute Gasteiger partial charge is 0.393 e. The van der Waals surface area contributed by atoms with E-state index >= 15 is 0 Å². The minimum Gasteiger partial charge on any atom is -0.393 e. The van der Waals surface area contributed by atoms with Crippen LogP contribution in [0.15, 0.2) is 11.6 Å². The molecule has 0 spiro atoms. The van der Waals surface area contributed by atoms with E-state index in [1.54, 1.807) is 0 Å². The van der Waals surface area contributed by atoms with E-state index in [9.17, 15) is 5.11 Å². The molecule has 0 saturated heterocycles. The maximum atomic E-state index is 10.5. The summed E-state index contributed by atoms with van der Waals surface area (Å²) in [4.78, 5) is 0. The number of rotatable bonds is 6. The molecule has 3 saturated carbocycles. The molecule has 4 aliphatic rings. The average Bonchev–Trinajstić information content (AvgIpc) is 3.08. The van der Waals surface area contributed by atoms with Gasteiger partial charge in [-0.05, 0) is 110 Å². The lowest BCUT2D eigenvalue weighted by molar-refractivity contribution is -0.0774. The van der Waals surface area contributed by atoms with Gasteiger partial charge in [-0.3, -0.25) is 0 Å². The first-order valence-corrected chi connectivity index (χ1v) is 14.0. The van der Waals surface area contributed by atoms with Gasteiger partial charge in [0.2, 0.25) is 0 Å². The fourth-order valence-electron chi connectivity index (χ4n) is 9.61. The lowest BCUT2D eigenvalue weighted by Gasteiger charge is -2.59. The third kappa shape index (κ3) is 3.87. The summed E-state index contributed by atoms with van der Waals surface area (Å²) in [5, 5.41) is 10.5. The van der Waals surface area contributed by atoms with Crippen molar-refractivity contribution in [1.29, 1.82) is 0 Å². The van der Waals surface area contributed by atoms with Crippen molar-refractivity contribution in [2.45, 2.75) is 119 Å². The Kier molecular flexibility index (Phi) is 6.78. The van der Waals surface area contributed by atoms with Gasteiger partial charge < -0.3 is 5.11 Å². The first kappa shape index (κ1) is 23.8. The highest BCUT2D eigenvalue weighted by Gasteiger charge is 2.59. The summed E-state index contributed by atoms with van der Waals surface area (Å²) < 4.78 is 0. The molecule has 0 heterocycles. The molecule has 4 rings (SSSR count). The Morgan fingerprint density at radius 2 is 1.65 bits per heavy atom. The van der Waals surface area contributed by atoms with Gasteiger partial charge in [-0.25, -0.2) is 0 Å². The van der Waals surface area contributed by atoms with E-state index in [0.717, 1.165) is 41.9 Å². The molecule has 1 unspecified atom stereocenters. The lowest BCUT2D eigenvalue weighted by atomic mass is 9.46. The molecule has 0 amide bonds. The second-order valence-corrected chi connectivity index (χ2v) is 13.3. The molecule has 0 aromatic rings. The van der Waals surface area contributed by atoms with Crippen LogP contribution in [0.5, 0.6) is 0 Å². The molecule has 1 heteroatoms. The van der Waals surface area contributed by atoms with Crippen LogP contribution in [0.2, 0.25) is 0 Å². The standard InChI is InChI=1S/C30H52O/c1-8-22(19(2)3)10-9-20(4)24-13-14-26-23-11-12-25-21(5)28(31)16-18-30(25,7)27(23)15-17-29(24,26)6/h11,19-22,24-28,31H,8-10,12-18H2,1-7H3/t20-,21+,22?,24-,25+,26+,27+,28+,29-,30+/m1/s1. The van der Waals surface area contributed by atoms with Gasteiger partial charge in [0.25, 0.3) is 0 Å². The highest BCUT2D eigenvalue weighted by molar-refractivity contribution is 5.28. The zero-order valence-electron chi connectivity index (χ0n) is 21.8. The van der Waals surface area contributed by atoms with E-state index in [4.69, 9.17) is 0 Å². The smallest absolute Gasteiger partial charge is 0.0568 e. The zero-order chi connectivity index (χ0) is 22.6. The third-order valence-corrected chi connectivity index (χ3v) is 11.8. The van der Waals surface area contributed by atoms with Crippen LogP contribution < -0.4 is 0 Å². The van der Waals surface area contributed by atoms with Crippen molar-refractivity contribution in [1.82, 2.24) is 0 Å². The fourth-order valence-corrected chi connectivity index (χ4v) is 9.61. The lowest BCUT2D eigenvalue weighted by Crippen LogP contribution is -2.52. The summed E-state index contributed by atoms with van der Waals surface area (Å²) in [5.41, 5.74) is 2.84. The molecule has 10 atom stereocenters. The Morgan fingerprint density at radius 3 is 2.32 bits per heavy atom. The molecule has 31 heavy (non-hydrogen) atoms. The van der Waals surface area contributed by atoms with E-state index in [0.29, 0.717) is 22.7 Å². The maximum Gasteiger partial charge on any atom is 0.0568 e. The molecule has 0 bridgehead atoms. The number of aliphatic hydroxyl groups is 1. The summed E-state index contributed by atoms with van der Waals surface area (Å²) in [6, 6.07) is 0. The summed E-state index contributed by atoms with van der Waals surface area (Å²) >= 11 is 0. The number of allylic oxidation sites excluding steroid dienone is 2. The van der Waals surface area contributed by atoms with Crippen LogP contribution in [0.3, 0.4) is 0 Å². The van der Waals surface area contributed by atoms with Gasteiger partial charge in [-0.2, -0.15) is 0 Å². The zero-order valence-corrected chi connectivity index (χ0v) is 21.8. The molecule has 1 N–H and O–H groups in total. The van der Waals surface area contributed by atoms with Crippen LogP contribution in [0.4, 0.5) is 0 Å². The molecular formula is C30H52O.